The van der Waals surface area contributed by atoms with Crippen LogP contribution in [0.3, 0.4) is 0 Å². The largest absolute Gasteiger partial charge is 0.338 e. The molecule has 0 spiro atoms. The molecular formula is C17H20FN3OS. The number of thiazole rings is 1. The Morgan fingerprint density at radius 1 is 1.43 bits per heavy atom. The van der Waals surface area contributed by atoms with Gasteiger partial charge in [0.1, 0.15) is 10.7 Å². The van der Waals surface area contributed by atoms with Gasteiger partial charge in [-0.2, -0.15) is 0 Å². The summed E-state index contributed by atoms with van der Waals surface area (Å²) >= 11 is 1.43. The molecule has 1 aliphatic rings. The smallest absolute Gasteiger partial charge is 0.265 e. The first-order chi connectivity index (χ1) is 11.1. The molecule has 1 aliphatic heterocycles. The second-order valence-electron chi connectivity index (χ2n) is 5.97. The summed E-state index contributed by atoms with van der Waals surface area (Å²) in [5.41, 5.74) is 7.45. The number of halogens is 1. The van der Waals surface area contributed by atoms with Crippen molar-refractivity contribution in [3.63, 3.8) is 0 Å². The third-order valence-corrected chi connectivity index (χ3v) is 5.36. The highest BCUT2D eigenvalue weighted by Gasteiger charge is 2.28. The van der Waals surface area contributed by atoms with Crippen molar-refractivity contribution in [3.8, 4) is 0 Å². The van der Waals surface area contributed by atoms with Crippen LogP contribution >= 0.6 is 11.3 Å². The molecule has 6 heteroatoms. The summed E-state index contributed by atoms with van der Waals surface area (Å²) in [7, 11) is 0. The Labute approximate surface area is 139 Å². The molecule has 0 bridgehead atoms. The van der Waals surface area contributed by atoms with Gasteiger partial charge in [0.25, 0.3) is 5.91 Å². The molecule has 1 amide bonds. The number of aromatic nitrogens is 1. The number of hydrogen-bond donors (Lipinski definition) is 1. The minimum absolute atomic E-state index is 0.0568. The third kappa shape index (κ3) is 3.59. The Kier molecular flexibility index (Phi) is 4.73. The zero-order valence-electron chi connectivity index (χ0n) is 13.1. The first-order valence-corrected chi connectivity index (χ1v) is 8.58. The van der Waals surface area contributed by atoms with E-state index < -0.39 is 0 Å². The van der Waals surface area contributed by atoms with Crippen LogP contribution in [0.5, 0.6) is 0 Å². The maximum absolute atomic E-state index is 13.0. The minimum atomic E-state index is -0.247. The molecule has 0 aliphatic carbocycles. The Morgan fingerprint density at radius 3 is 2.83 bits per heavy atom. The van der Waals surface area contributed by atoms with Crippen molar-refractivity contribution in [2.75, 3.05) is 19.6 Å². The molecule has 0 saturated carbocycles. The van der Waals surface area contributed by atoms with E-state index in [-0.39, 0.29) is 11.7 Å². The van der Waals surface area contributed by atoms with E-state index in [4.69, 9.17) is 5.73 Å². The summed E-state index contributed by atoms with van der Waals surface area (Å²) in [6, 6.07) is 6.39. The highest BCUT2D eigenvalue weighted by molar-refractivity contribution is 7.13. The van der Waals surface area contributed by atoms with Crippen LogP contribution in [0, 0.1) is 18.7 Å². The third-order valence-electron chi connectivity index (χ3n) is 4.21. The fourth-order valence-corrected chi connectivity index (χ4v) is 3.92. The molecule has 1 aromatic heterocycles. The quantitative estimate of drug-likeness (QED) is 0.935. The Hall–Kier alpha value is -1.79. The Bertz CT molecular complexity index is 698. The summed E-state index contributed by atoms with van der Waals surface area (Å²) in [5, 5.41) is 0.882. The van der Waals surface area contributed by atoms with Crippen LogP contribution < -0.4 is 5.73 Å². The molecule has 1 saturated heterocycles. The summed E-state index contributed by atoms with van der Waals surface area (Å²) < 4.78 is 13.0. The highest BCUT2D eigenvalue weighted by Crippen LogP contribution is 2.25. The van der Waals surface area contributed by atoms with Gasteiger partial charge in [-0.1, -0.05) is 12.1 Å². The second-order valence-corrected chi connectivity index (χ2v) is 7.05. The maximum atomic E-state index is 13.0. The van der Waals surface area contributed by atoms with Crippen molar-refractivity contribution in [1.82, 2.24) is 9.88 Å². The molecular weight excluding hydrogens is 313 g/mol. The molecule has 2 aromatic rings. The van der Waals surface area contributed by atoms with Crippen molar-refractivity contribution in [2.24, 2.45) is 11.7 Å². The van der Waals surface area contributed by atoms with Crippen molar-refractivity contribution >= 4 is 17.2 Å². The lowest BCUT2D eigenvalue weighted by atomic mass is 10.1. The van der Waals surface area contributed by atoms with E-state index in [9.17, 15) is 9.18 Å². The zero-order chi connectivity index (χ0) is 16.4. The molecule has 23 heavy (non-hydrogen) atoms. The van der Waals surface area contributed by atoms with Crippen molar-refractivity contribution in [1.29, 1.82) is 0 Å². The van der Waals surface area contributed by atoms with E-state index in [1.165, 1.54) is 23.5 Å². The molecule has 2 N–H and O–H groups in total. The Balaban J connectivity index is 1.73. The second kappa shape index (κ2) is 6.76. The number of rotatable bonds is 4. The van der Waals surface area contributed by atoms with Gasteiger partial charge in [-0.25, -0.2) is 9.37 Å². The summed E-state index contributed by atoms with van der Waals surface area (Å²) in [5.74, 6) is 0.218. The molecule has 4 nitrogen and oxygen atoms in total. The van der Waals surface area contributed by atoms with E-state index in [0.717, 1.165) is 35.8 Å². The highest BCUT2D eigenvalue weighted by atomic mass is 32.1. The number of aryl methyl sites for hydroxylation is 1. The van der Waals surface area contributed by atoms with E-state index in [2.05, 4.69) is 4.98 Å². The van der Waals surface area contributed by atoms with Crippen LogP contribution in [-0.2, 0) is 6.42 Å². The standard InChI is InChI=1S/C17H20FN3OS/c1-11-16(17(22)21-7-6-13(9-19)10-21)23-15(20-11)8-12-2-4-14(18)5-3-12/h2-5,13H,6-10,19H2,1H3. The average molecular weight is 333 g/mol. The monoisotopic (exact) mass is 333 g/mol. The number of carbonyl (C=O) groups excluding carboxylic acids is 1. The number of hydrogen-bond acceptors (Lipinski definition) is 4. The number of nitrogens with zero attached hydrogens (tertiary/aromatic N) is 2. The van der Waals surface area contributed by atoms with Crippen molar-refractivity contribution < 1.29 is 9.18 Å². The topological polar surface area (TPSA) is 59.2 Å². The van der Waals surface area contributed by atoms with Gasteiger partial charge in [-0.3, -0.25) is 4.79 Å². The molecule has 3 rings (SSSR count). The van der Waals surface area contributed by atoms with Crippen LogP contribution in [0.2, 0.25) is 0 Å². The number of carbonyl (C=O) groups is 1. The normalized spacial score (nSPS) is 17.7. The molecule has 1 unspecified atom stereocenters. The van der Waals surface area contributed by atoms with Gasteiger partial charge in [0.2, 0.25) is 0 Å². The summed E-state index contributed by atoms with van der Waals surface area (Å²) in [6.07, 6.45) is 1.59. The van der Waals surface area contributed by atoms with Gasteiger partial charge in [-0.15, -0.1) is 11.3 Å². The number of amides is 1. The number of likely N-dealkylation sites (tertiary alicyclic amines) is 1. The lowest BCUT2D eigenvalue weighted by Crippen LogP contribution is -2.29. The maximum Gasteiger partial charge on any atom is 0.265 e. The van der Waals surface area contributed by atoms with E-state index >= 15 is 0 Å². The van der Waals surface area contributed by atoms with Crippen molar-refractivity contribution in [3.05, 3.63) is 51.2 Å². The molecule has 122 valence electrons. The SMILES string of the molecule is Cc1nc(Cc2ccc(F)cc2)sc1C(=O)N1CCC(CN)C1. The molecule has 2 heterocycles. The van der Waals surface area contributed by atoms with E-state index in [1.807, 2.05) is 11.8 Å². The summed E-state index contributed by atoms with van der Waals surface area (Å²) in [4.78, 5) is 19.7. The predicted octanol–water partition coefficient (Wildman–Crippen LogP) is 2.60. The van der Waals surface area contributed by atoms with Crippen LogP contribution in [0.25, 0.3) is 0 Å². The van der Waals surface area contributed by atoms with Gasteiger partial charge >= 0.3 is 0 Å². The first kappa shape index (κ1) is 16.1. The van der Waals surface area contributed by atoms with Gasteiger partial charge in [0.05, 0.1) is 10.7 Å². The van der Waals surface area contributed by atoms with Gasteiger partial charge in [0.15, 0.2) is 0 Å². The fourth-order valence-electron chi connectivity index (χ4n) is 2.86. The Morgan fingerprint density at radius 2 is 2.17 bits per heavy atom. The van der Waals surface area contributed by atoms with Crippen LogP contribution in [0.15, 0.2) is 24.3 Å². The number of benzene rings is 1. The molecule has 1 atom stereocenters. The molecule has 1 fully saturated rings. The predicted molar refractivity (Wildman–Crippen MR) is 89.1 cm³/mol. The van der Waals surface area contributed by atoms with Gasteiger partial charge in [0, 0.05) is 19.5 Å². The average Bonchev–Trinajstić information content (AvgIpc) is 3.15. The zero-order valence-corrected chi connectivity index (χ0v) is 13.9. The van der Waals surface area contributed by atoms with Crippen LogP contribution in [0.1, 0.15) is 32.4 Å². The van der Waals surface area contributed by atoms with Gasteiger partial charge in [-0.05, 0) is 43.5 Å². The lowest BCUT2D eigenvalue weighted by molar-refractivity contribution is 0.0791. The van der Waals surface area contributed by atoms with E-state index in [0.29, 0.717) is 23.8 Å². The first-order valence-electron chi connectivity index (χ1n) is 7.77. The van der Waals surface area contributed by atoms with E-state index in [1.54, 1.807) is 12.1 Å². The van der Waals surface area contributed by atoms with Crippen LogP contribution in [-0.4, -0.2) is 35.4 Å². The number of nitrogens with two attached hydrogens (primary N) is 1. The van der Waals surface area contributed by atoms with Crippen LogP contribution in [0.4, 0.5) is 4.39 Å². The fraction of sp³-hybridized carbons (Fsp3) is 0.412. The molecule has 1 aromatic carbocycles. The van der Waals surface area contributed by atoms with Crippen molar-refractivity contribution in [2.45, 2.75) is 19.8 Å². The lowest BCUT2D eigenvalue weighted by Gasteiger charge is -2.15. The molecule has 0 radical (unpaired) electrons. The minimum Gasteiger partial charge on any atom is -0.338 e. The summed E-state index contributed by atoms with van der Waals surface area (Å²) in [6.45, 7) is 4.00. The van der Waals surface area contributed by atoms with Gasteiger partial charge < -0.3 is 10.6 Å².